The molecule has 0 aromatic heterocycles. The molecule has 3 rings (SSSR count). The summed E-state index contributed by atoms with van der Waals surface area (Å²) in [6.07, 6.45) is -0.204. The largest absolute Gasteiger partial charge is 0.481 e. The molecule has 1 unspecified atom stereocenters. The molecule has 8 nitrogen and oxygen atoms in total. The normalized spacial score (nSPS) is 18.8. The highest BCUT2D eigenvalue weighted by atomic mass is 16.5. The molecule has 2 heterocycles. The van der Waals surface area contributed by atoms with Gasteiger partial charge in [0.25, 0.3) is 0 Å². The van der Waals surface area contributed by atoms with Crippen LogP contribution in [-0.4, -0.2) is 72.6 Å². The minimum Gasteiger partial charge on any atom is -0.481 e. The van der Waals surface area contributed by atoms with Crippen molar-refractivity contribution in [3.05, 3.63) is 29.3 Å². The lowest BCUT2D eigenvalue weighted by Gasteiger charge is -2.30. The van der Waals surface area contributed by atoms with E-state index in [1.54, 1.807) is 25.2 Å². The maximum absolute atomic E-state index is 13.0. The van der Waals surface area contributed by atoms with E-state index >= 15 is 0 Å². The van der Waals surface area contributed by atoms with E-state index in [1.807, 2.05) is 0 Å². The predicted octanol–water partition coefficient (Wildman–Crippen LogP) is 1.27. The van der Waals surface area contributed by atoms with E-state index < -0.39 is 11.9 Å². The quantitative estimate of drug-likeness (QED) is 0.741. The van der Waals surface area contributed by atoms with E-state index in [9.17, 15) is 19.5 Å². The van der Waals surface area contributed by atoms with Gasteiger partial charge in [0.1, 0.15) is 0 Å². The van der Waals surface area contributed by atoms with Crippen molar-refractivity contribution < 1.29 is 24.2 Å². The van der Waals surface area contributed by atoms with Crippen molar-refractivity contribution >= 4 is 23.5 Å². The molecule has 0 saturated carbocycles. The fourth-order valence-electron chi connectivity index (χ4n) is 3.32. The van der Waals surface area contributed by atoms with Crippen LogP contribution in [-0.2, 0) is 16.1 Å². The van der Waals surface area contributed by atoms with E-state index in [2.05, 4.69) is 10.2 Å². The van der Waals surface area contributed by atoms with Gasteiger partial charge in [0.2, 0.25) is 0 Å². The Labute approximate surface area is 151 Å². The van der Waals surface area contributed by atoms with Crippen LogP contribution in [0.4, 0.5) is 10.5 Å². The summed E-state index contributed by atoms with van der Waals surface area (Å²) in [5.41, 5.74) is 2.01. The van der Waals surface area contributed by atoms with Crippen LogP contribution in [0.2, 0.25) is 0 Å². The molecule has 0 bridgehead atoms. The van der Waals surface area contributed by atoms with Crippen LogP contribution in [0.5, 0.6) is 0 Å². The van der Waals surface area contributed by atoms with E-state index in [0.717, 1.165) is 5.56 Å². The summed E-state index contributed by atoms with van der Waals surface area (Å²) >= 11 is 0. The number of rotatable bonds is 6. The van der Waals surface area contributed by atoms with Crippen molar-refractivity contribution in [2.45, 2.75) is 13.0 Å². The number of nitrogens with zero attached hydrogens (tertiary/aromatic N) is 2. The minimum absolute atomic E-state index is 0.179. The number of benzene rings is 1. The molecule has 26 heavy (non-hydrogen) atoms. The Hall–Kier alpha value is -2.45. The molecule has 1 aromatic rings. The zero-order valence-electron chi connectivity index (χ0n) is 14.7. The maximum Gasteiger partial charge on any atom is 0.321 e. The molecule has 140 valence electrons. The third-order valence-corrected chi connectivity index (χ3v) is 4.76. The molecule has 1 fully saturated rings. The highest BCUT2D eigenvalue weighted by Gasteiger charge is 2.28. The first-order chi connectivity index (χ1) is 12.4. The Morgan fingerprint density at radius 2 is 2.04 bits per heavy atom. The number of carbonyl (C=O) groups excluding carboxylic acids is 2. The van der Waals surface area contributed by atoms with Crippen LogP contribution in [0.3, 0.4) is 0 Å². The number of aliphatic carboxylic acids is 1. The molecular formula is C18H23N3O5. The van der Waals surface area contributed by atoms with Crippen molar-refractivity contribution in [2.75, 3.05) is 45.2 Å². The summed E-state index contributed by atoms with van der Waals surface area (Å²) in [5.74, 6) is -1.78. The van der Waals surface area contributed by atoms with Gasteiger partial charge in [-0.15, -0.1) is 0 Å². The fraction of sp³-hybridized carbons (Fsp3) is 0.500. The first kappa shape index (κ1) is 18.3. The van der Waals surface area contributed by atoms with Gasteiger partial charge < -0.3 is 20.1 Å². The Morgan fingerprint density at radius 3 is 2.73 bits per heavy atom. The molecule has 2 N–H and O–H groups in total. The number of hydrogen-bond donors (Lipinski definition) is 2. The number of amides is 2. The number of carboxylic acid groups (broad SMARTS) is 1. The van der Waals surface area contributed by atoms with Crippen LogP contribution in [0.15, 0.2) is 18.2 Å². The summed E-state index contributed by atoms with van der Waals surface area (Å²) in [4.78, 5) is 39.5. The summed E-state index contributed by atoms with van der Waals surface area (Å²) in [5, 5.41) is 12.0. The minimum atomic E-state index is -0.985. The zero-order chi connectivity index (χ0) is 18.7. The second-order valence-electron chi connectivity index (χ2n) is 6.73. The van der Waals surface area contributed by atoms with Crippen molar-refractivity contribution in [3.8, 4) is 0 Å². The molecule has 0 spiro atoms. The fourth-order valence-corrected chi connectivity index (χ4v) is 3.32. The van der Waals surface area contributed by atoms with Crippen molar-refractivity contribution in [1.29, 1.82) is 0 Å². The lowest BCUT2D eigenvalue weighted by Crippen LogP contribution is -2.41. The lowest BCUT2D eigenvalue weighted by atomic mass is 9.92. The molecule has 8 heteroatoms. The number of anilines is 1. The van der Waals surface area contributed by atoms with Gasteiger partial charge in [0.15, 0.2) is 5.78 Å². The maximum atomic E-state index is 13.0. The zero-order valence-corrected chi connectivity index (χ0v) is 14.7. The van der Waals surface area contributed by atoms with Gasteiger partial charge in [-0.2, -0.15) is 0 Å². The van der Waals surface area contributed by atoms with Crippen molar-refractivity contribution in [2.24, 2.45) is 5.92 Å². The number of ketones is 1. The standard InChI is InChI=1S/C18H23N3O5/c1-20-10-13-8-12(2-3-15(13)19-18(20)25)17(24)14(9-16(22)23)11-21-4-6-26-7-5-21/h2-3,8,14H,4-7,9-11H2,1H3,(H,19,25)(H,22,23). The monoisotopic (exact) mass is 361 g/mol. The lowest BCUT2D eigenvalue weighted by molar-refractivity contribution is -0.138. The average Bonchev–Trinajstić information content (AvgIpc) is 2.61. The highest BCUT2D eigenvalue weighted by Crippen LogP contribution is 2.25. The highest BCUT2D eigenvalue weighted by molar-refractivity contribution is 6.01. The molecule has 1 aromatic carbocycles. The molecule has 2 aliphatic heterocycles. The summed E-state index contributed by atoms with van der Waals surface area (Å²) in [6, 6.07) is 4.93. The molecule has 2 aliphatic rings. The van der Waals surface area contributed by atoms with Gasteiger partial charge in [-0.1, -0.05) is 0 Å². The van der Waals surface area contributed by atoms with Gasteiger partial charge in [-0.05, 0) is 23.8 Å². The first-order valence-electron chi connectivity index (χ1n) is 8.65. The number of carbonyl (C=O) groups is 3. The van der Waals surface area contributed by atoms with Crippen LogP contribution >= 0.6 is 0 Å². The number of urea groups is 1. The van der Waals surface area contributed by atoms with Gasteiger partial charge in [0.05, 0.1) is 19.6 Å². The average molecular weight is 361 g/mol. The molecule has 1 saturated heterocycles. The smallest absolute Gasteiger partial charge is 0.321 e. The molecule has 2 amide bonds. The number of Topliss-reactive ketones (excluding diaryl/α,β-unsaturated/α-hetero) is 1. The van der Waals surface area contributed by atoms with Gasteiger partial charge in [-0.3, -0.25) is 14.5 Å². The SMILES string of the molecule is CN1Cc2cc(C(=O)C(CC(=O)O)CN3CCOCC3)ccc2NC1=O. The summed E-state index contributed by atoms with van der Waals surface area (Å²) in [6.45, 7) is 3.41. The van der Waals surface area contributed by atoms with E-state index in [-0.39, 0.29) is 18.2 Å². The number of carboxylic acids is 1. The van der Waals surface area contributed by atoms with E-state index in [0.29, 0.717) is 50.6 Å². The van der Waals surface area contributed by atoms with Gasteiger partial charge in [0, 0.05) is 50.4 Å². The molecule has 1 atom stereocenters. The number of ether oxygens (including phenoxy) is 1. The summed E-state index contributed by atoms with van der Waals surface area (Å²) in [7, 11) is 1.68. The molecule has 0 aliphatic carbocycles. The molecule has 0 radical (unpaired) electrons. The first-order valence-corrected chi connectivity index (χ1v) is 8.65. The van der Waals surface area contributed by atoms with Gasteiger partial charge >= 0.3 is 12.0 Å². The Kier molecular flexibility index (Phi) is 5.53. The number of morpholine rings is 1. The van der Waals surface area contributed by atoms with Crippen LogP contribution in [0.25, 0.3) is 0 Å². The van der Waals surface area contributed by atoms with Gasteiger partial charge in [-0.25, -0.2) is 4.79 Å². The van der Waals surface area contributed by atoms with Crippen LogP contribution in [0.1, 0.15) is 22.3 Å². The number of nitrogens with one attached hydrogen (secondary N) is 1. The second-order valence-corrected chi connectivity index (χ2v) is 6.73. The Balaban J connectivity index is 1.78. The summed E-state index contributed by atoms with van der Waals surface area (Å²) < 4.78 is 5.31. The Morgan fingerprint density at radius 1 is 1.31 bits per heavy atom. The number of fused-ring (bicyclic) bond motifs is 1. The van der Waals surface area contributed by atoms with Crippen molar-refractivity contribution in [1.82, 2.24) is 9.80 Å². The number of hydrogen-bond acceptors (Lipinski definition) is 5. The molecular weight excluding hydrogens is 338 g/mol. The third-order valence-electron chi connectivity index (χ3n) is 4.76. The van der Waals surface area contributed by atoms with Crippen LogP contribution < -0.4 is 5.32 Å². The van der Waals surface area contributed by atoms with Crippen LogP contribution in [0, 0.1) is 5.92 Å². The van der Waals surface area contributed by atoms with Crippen molar-refractivity contribution in [3.63, 3.8) is 0 Å². The topological polar surface area (TPSA) is 99.2 Å². The van der Waals surface area contributed by atoms with E-state index in [4.69, 9.17) is 4.74 Å². The third kappa shape index (κ3) is 4.20. The van der Waals surface area contributed by atoms with E-state index in [1.165, 1.54) is 4.90 Å². The predicted molar refractivity (Wildman–Crippen MR) is 94.3 cm³/mol. The second kappa shape index (κ2) is 7.84. The Bertz CT molecular complexity index is 715.